The highest BCUT2D eigenvalue weighted by Gasteiger charge is 2.14. The molecular formula is C17H15ClN4O3S2. The second-order valence-corrected chi connectivity index (χ2v) is 7.62. The van der Waals surface area contributed by atoms with E-state index in [9.17, 15) is 14.4 Å². The predicted molar refractivity (Wildman–Crippen MR) is 107 cm³/mol. The minimum Gasteiger partial charge on any atom is -0.287 e. The molecule has 0 unspecified atom stereocenters. The number of rotatable bonds is 5. The van der Waals surface area contributed by atoms with Gasteiger partial charge in [0.2, 0.25) is 5.91 Å². The summed E-state index contributed by atoms with van der Waals surface area (Å²) < 4.78 is 2.12. The molecule has 0 bridgehead atoms. The maximum atomic E-state index is 12.4. The van der Waals surface area contributed by atoms with E-state index in [1.165, 1.54) is 15.9 Å². The van der Waals surface area contributed by atoms with Crippen molar-refractivity contribution in [3.8, 4) is 0 Å². The van der Waals surface area contributed by atoms with E-state index < -0.39 is 11.8 Å². The first-order chi connectivity index (χ1) is 13.0. The average molecular weight is 423 g/mol. The van der Waals surface area contributed by atoms with E-state index in [4.69, 9.17) is 11.6 Å². The molecule has 0 fully saturated rings. The number of benzene rings is 1. The molecule has 0 atom stereocenters. The van der Waals surface area contributed by atoms with Crippen LogP contribution in [0, 0.1) is 0 Å². The number of hydrogen-bond donors (Lipinski definition) is 2. The third kappa shape index (κ3) is 4.32. The number of carbonyl (C=O) groups excluding carboxylic acids is 2. The number of carbonyl (C=O) groups is 2. The van der Waals surface area contributed by atoms with Crippen LogP contribution >= 0.6 is 34.7 Å². The standard InChI is InChI=1S/C17H15ClN4O3S2/c1-2-22-16(25)14-12(7-8-26-14)19-17(22)27-9-13(23)20-21-15(24)10-5-3-4-6-11(10)18/h3-8H,2,9H2,1H3,(H,20,23)(H,21,24). The molecule has 7 nitrogen and oxygen atoms in total. The Morgan fingerprint density at radius 2 is 2.04 bits per heavy atom. The van der Waals surface area contributed by atoms with Gasteiger partial charge in [-0.1, -0.05) is 35.5 Å². The molecule has 10 heteroatoms. The van der Waals surface area contributed by atoms with E-state index in [0.717, 1.165) is 11.8 Å². The Kier molecular flexibility index (Phi) is 6.15. The minimum atomic E-state index is -0.512. The second-order valence-electron chi connectivity index (χ2n) is 5.35. The highest BCUT2D eigenvalue weighted by atomic mass is 35.5. The Hall–Kier alpha value is -2.36. The van der Waals surface area contributed by atoms with Crippen LogP contribution in [-0.4, -0.2) is 27.1 Å². The molecular weight excluding hydrogens is 408 g/mol. The van der Waals surface area contributed by atoms with E-state index in [-0.39, 0.29) is 16.9 Å². The molecule has 1 aromatic carbocycles. The van der Waals surface area contributed by atoms with Gasteiger partial charge >= 0.3 is 0 Å². The van der Waals surface area contributed by atoms with E-state index in [1.54, 1.807) is 30.3 Å². The molecule has 140 valence electrons. The van der Waals surface area contributed by atoms with Gasteiger partial charge in [-0.3, -0.25) is 29.8 Å². The van der Waals surface area contributed by atoms with Gasteiger partial charge < -0.3 is 0 Å². The smallest absolute Gasteiger partial charge is 0.272 e. The van der Waals surface area contributed by atoms with E-state index >= 15 is 0 Å². The fraction of sp³-hybridized carbons (Fsp3) is 0.176. The molecule has 2 amide bonds. The van der Waals surface area contributed by atoms with Crippen molar-refractivity contribution in [2.45, 2.75) is 18.6 Å². The Balaban J connectivity index is 1.63. The number of fused-ring (bicyclic) bond motifs is 1. The summed E-state index contributed by atoms with van der Waals surface area (Å²) in [6.45, 7) is 2.29. The van der Waals surface area contributed by atoms with Crippen molar-refractivity contribution < 1.29 is 9.59 Å². The highest BCUT2D eigenvalue weighted by Crippen LogP contribution is 2.20. The van der Waals surface area contributed by atoms with Crippen molar-refractivity contribution in [1.29, 1.82) is 0 Å². The summed E-state index contributed by atoms with van der Waals surface area (Å²) in [7, 11) is 0. The van der Waals surface area contributed by atoms with Gasteiger partial charge in [0.1, 0.15) is 4.70 Å². The van der Waals surface area contributed by atoms with Crippen LogP contribution in [0.25, 0.3) is 10.2 Å². The third-order valence-corrected chi connectivity index (χ3v) is 5.81. The number of thioether (sulfide) groups is 1. The highest BCUT2D eigenvalue weighted by molar-refractivity contribution is 7.99. The maximum absolute atomic E-state index is 12.4. The Morgan fingerprint density at radius 1 is 1.26 bits per heavy atom. The summed E-state index contributed by atoms with van der Waals surface area (Å²) in [5.41, 5.74) is 5.41. The van der Waals surface area contributed by atoms with Crippen LogP contribution in [0.2, 0.25) is 5.02 Å². The zero-order valence-corrected chi connectivity index (χ0v) is 16.6. The van der Waals surface area contributed by atoms with Crippen molar-refractivity contribution in [2.75, 3.05) is 5.75 Å². The lowest BCUT2D eigenvalue weighted by Crippen LogP contribution is -2.42. The van der Waals surface area contributed by atoms with E-state index in [1.807, 2.05) is 12.3 Å². The molecule has 0 saturated carbocycles. The molecule has 3 aromatic rings. The molecule has 2 aromatic heterocycles. The number of nitrogens with one attached hydrogen (secondary N) is 2. The van der Waals surface area contributed by atoms with Crippen LogP contribution in [0.1, 0.15) is 17.3 Å². The van der Waals surface area contributed by atoms with E-state index in [2.05, 4.69) is 15.8 Å². The van der Waals surface area contributed by atoms with Crippen molar-refractivity contribution in [1.82, 2.24) is 20.4 Å². The fourth-order valence-corrected chi connectivity index (χ4v) is 4.18. The lowest BCUT2D eigenvalue weighted by molar-refractivity contribution is -0.119. The molecule has 2 N–H and O–H groups in total. The van der Waals surface area contributed by atoms with E-state index in [0.29, 0.717) is 26.9 Å². The van der Waals surface area contributed by atoms with Crippen molar-refractivity contribution in [3.05, 3.63) is 56.7 Å². The summed E-state index contributed by atoms with van der Waals surface area (Å²) in [5.74, 6) is -0.949. The first-order valence-corrected chi connectivity index (χ1v) is 10.2. The van der Waals surface area contributed by atoms with Gasteiger partial charge in [-0.15, -0.1) is 11.3 Å². The number of hydrazine groups is 1. The summed E-state index contributed by atoms with van der Waals surface area (Å²) in [6, 6.07) is 8.30. The van der Waals surface area contributed by atoms with Gasteiger partial charge in [0, 0.05) is 6.54 Å². The normalized spacial score (nSPS) is 10.7. The van der Waals surface area contributed by atoms with Gasteiger partial charge in [0.25, 0.3) is 11.5 Å². The number of aromatic nitrogens is 2. The molecule has 0 saturated heterocycles. The molecule has 0 spiro atoms. The monoisotopic (exact) mass is 422 g/mol. The summed E-state index contributed by atoms with van der Waals surface area (Å²) in [4.78, 5) is 41.0. The number of halogens is 1. The Labute approximate surface area is 167 Å². The molecule has 0 aliphatic rings. The largest absolute Gasteiger partial charge is 0.287 e. The zero-order chi connectivity index (χ0) is 19.4. The zero-order valence-electron chi connectivity index (χ0n) is 14.2. The first-order valence-electron chi connectivity index (χ1n) is 7.95. The lowest BCUT2D eigenvalue weighted by atomic mass is 10.2. The topological polar surface area (TPSA) is 93.1 Å². The van der Waals surface area contributed by atoms with Crippen LogP contribution in [0.4, 0.5) is 0 Å². The molecule has 2 heterocycles. The number of hydrogen-bond acceptors (Lipinski definition) is 6. The van der Waals surface area contributed by atoms with Gasteiger partial charge in [0.05, 0.1) is 21.9 Å². The Bertz CT molecular complexity index is 1060. The summed E-state index contributed by atoms with van der Waals surface area (Å²) in [5, 5.41) is 2.56. The summed E-state index contributed by atoms with van der Waals surface area (Å²) in [6.07, 6.45) is 0. The quantitative estimate of drug-likeness (QED) is 0.374. The first kappa shape index (κ1) is 19.4. The fourth-order valence-electron chi connectivity index (χ4n) is 2.32. The summed E-state index contributed by atoms with van der Waals surface area (Å²) >= 11 is 8.42. The lowest BCUT2D eigenvalue weighted by Gasteiger charge is -2.10. The van der Waals surface area contributed by atoms with Crippen LogP contribution in [0.3, 0.4) is 0 Å². The molecule has 0 aliphatic heterocycles. The second kappa shape index (κ2) is 8.55. The van der Waals surface area contributed by atoms with Crippen LogP contribution in [-0.2, 0) is 11.3 Å². The van der Waals surface area contributed by atoms with Crippen molar-refractivity contribution in [3.63, 3.8) is 0 Å². The molecule has 3 rings (SSSR count). The van der Waals surface area contributed by atoms with Gasteiger partial charge in [0.15, 0.2) is 5.16 Å². The minimum absolute atomic E-state index is 0.00904. The van der Waals surface area contributed by atoms with Crippen molar-refractivity contribution >= 4 is 56.7 Å². The van der Waals surface area contributed by atoms with Gasteiger partial charge in [-0.05, 0) is 30.5 Å². The third-order valence-electron chi connectivity index (χ3n) is 3.61. The molecule has 0 radical (unpaired) electrons. The number of thiophene rings is 1. The van der Waals surface area contributed by atoms with Crippen LogP contribution in [0.15, 0.2) is 45.7 Å². The number of nitrogens with zero attached hydrogens (tertiary/aromatic N) is 2. The molecule has 27 heavy (non-hydrogen) atoms. The van der Waals surface area contributed by atoms with Gasteiger partial charge in [-0.25, -0.2) is 4.98 Å². The number of amides is 2. The van der Waals surface area contributed by atoms with Gasteiger partial charge in [-0.2, -0.15) is 0 Å². The molecule has 0 aliphatic carbocycles. The SMILES string of the molecule is CCn1c(SCC(=O)NNC(=O)c2ccccc2Cl)nc2ccsc2c1=O. The van der Waals surface area contributed by atoms with Crippen LogP contribution in [0.5, 0.6) is 0 Å². The van der Waals surface area contributed by atoms with Crippen molar-refractivity contribution in [2.24, 2.45) is 0 Å². The predicted octanol–water partition coefficient (Wildman–Crippen LogP) is 2.68. The average Bonchev–Trinajstić information content (AvgIpc) is 3.14. The van der Waals surface area contributed by atoms with Crippen LogP contribution < -0.4 is 16.4 Å². The Morgan fingerprint density at radius 3 is 2.78 bits per heavy atom. The maximum Gasteiger partial charge on any atom is 0.272 e.